The van der Waals surface area contributed by atoms with Crippen LogP contribution < -0.4 is 5.73 Å². The summed E-state index contributed by atoms with van der Waals surface area (Å²) < 4.78 is 0. The summed E-state index contributed by atoms with van der Waals surface area (Å²) in [5.41, 5.74) is 6.84. The Balaban J connectivity index is 2.28. The van der Waals surface area contributed by atoms with Gasteiger partial charge in [0.25, 0.3) is 0 Å². The maximum Gasteiger partial charge on any atom is 0.0187 e. The zero-order chi connectivity index (χ0) is 9.68. The predicted molar refractivity (Wildman–Crippen MR) is 57.6 cm³/mol. The van der Waals surface area contributed by atoms with Crippen molar-refractivity contribution in [3.8, 4) is 0 Å². The second-order valence-electron chi connectivity index (χ2n) is 4.28. The van der Waals surface area contributed by atoms with Crippen LogP contribution in [0.1, 0.15) is 26.2 Å². The third kappa shape index (κ3) is 3.92. The van der Waals surface area contributed by atoms with Gasteiger partial charge < -0.3 is 5.73 Å². The van der Waals surface area contributed by atoms with Crippen molar-refractivity contribution in [2.24, 2.45) is 11.7 Å². The van der Waals surface area contributed by atoms with Gasteiger partial charge in [0.1, 0.15) is 0 Å². The fourth-order valence-corrected chi connectivity index (χ4v) is 2.15. The van der Waals surface area contributed by atoms with Crippen LogP contribution in [0.5, 0.6) is 0 Å². The van der Waals surface area contributed by atoms with E-state index in [1.807, 2.05) is 0 Å². The lowest BCUT2D eigenvalue weighted by Crippen LogP contribution is -2.37. The van der Waals surface area contributed by atoms with Gasteiger partial charge in [-0.15, -0.1) is 0 Å². The summed E-state index contributed by atoms with van der Waals surface area (Å²) in [5.74, 6) is 0.832. The Bertz CT molecular complexity index is 163. The van der Waals surface area contributed by atoms with E-state index in [1.54, 1.807) is 0 Å². The van der Waals surface area contributed by atoms with Gasteiger partial charge in [0, 0.05) is 13.1 Å². The highest BCUT2D eigenvalue weighted by molar-refractivity contribution is 4.93. The standard InChI is InChI=1S/C11H22N2/c1-10(2)8-13-7-3-4-11(9-13)5-6-12/h11H,1,3-9,12H2,2H3. The van der Waals surface area contributed by atoms with Crippen molar-refractivity contribution in [1.29, 1.82) is 0 Å². The summed E-state index contributed by atoms with van der Waals surface area (Å²) in [4.78, 5) is 2.51. The molecule has 0 aromatic rings. The first-order valence-electron chi connectivity index (χ1n) is 5.29. The van der Waals surface area contributed by atoms with Gasteiger partial charge >= 0.3 is 0 Å². The molecular formula is C11H22N2. The molecule has 0 aromatic heterocycles. The molecule has 1 rings (SSSR count). The lowest BCUT2D eigenvalue weighted by Gasteiger charge is -2.32. The van der Waals surface area contributed by atoms with Gasteiger partial charge in [-0.05, 0) is 45.2 Å². The monoisotopic (exact) mass is 182 g/mol. The van der Waals surface area contributed by atoms with Crippen LogP contribution in [0.3, 0.4) is 0 Å². The molecule has 2 nitrogen and oxygen atoms in total. The van der Waals surface area contributed by atoms with Crippen molar-refractivity contribution in [3.05, 3.63) is 12.2 Å². The van der Waals surface area contributed by atoms with E-state index in [1.165, 1.54) is 37.9 Å². The zero-order valence-electron chi connectivity index (χ0n) is 8.76. The SMILES string of the molecule is C=C(C)CN1CCCC(CCN)C1. The minimum atomic E-state index is 0.832. The predicted octanol–water partition coefficient (Wildman–Crippen LogP) is 1.62. The zero-order valence-corrected chi connectivity index (χ0v) is 8.76. The van der Waals surface area contributed by atoms with Crippen molar-refractivity contribution in [3.63, 3.8) is 0 Å². The van der Waals surface area contributed by atoms with E-state index in [-0.39, 0.29) is 0 Å². The maximum atomic E-state index is 5.57. The van der Waals surface area contributed by atoms with Crippen molar-refractivity contribution < 1.29 is 0 Å². The second-order valence-corrected chi connectivity index (χ2v) is 4.28. The average Bonchev–Trinajstić information content (AvgIpc) is 2.04. The van der Waals surface area contributed by atoms with Crippen LogP contribution in [0.15, 0.2) is 12.2 Å². The van der Waals surface area contributed by atoms with Crippen LogP contribution in [0.2, 0.25) is 0 Å². The number of piperidine rings is 1. The molecule has 0 spiro atoms. The Labute approximate surface area is 81.8 Å². The fourth-order valence-electron chi connectivity index (χ4n) is 2.15. The number of nitrogens with two attached hydrogens (primary N) is 1. The number of hydrogen-bond acceptors (Lipinski definition) is 2. The van der Waals surface area contributed by atoms with Crippen LogP contribution in [0, 0.1) is 5.92 Å². The summed E-state index contributed by atoms with van der Waals surface area (Å²) in [5, 5.41) is 0. The van der Waals surface area contributed by atoms with Crippen LogP contribution in [-0.4, -0.2) is 31.1 Å². The van der Waals surface area contributed by atoms with Crippen LogP contribution >= 0.6 is 0 Å². The minimum Gasteiger partial charge on any atom is -0.330 e. The first-order chi connectivity index (χ1) is 6.22. The first kappa shape index (κ1) is 10.7. The third-order valence-electron chi connectivity index (χ3n) is 2.67. The number of hydrogen-bond donors (Lipinski definition) is 1. The molecule has 2 N–H and O–H groups in total. The quantitative estimate of drug-likeness (QED) is 0.669. The van der Waals surface area contributed by atoms with Crippen LogP contribution in [0.4, 0.5) is 0 Å². The van der Waals surface area contributed by atoms with Crippen LogP contribution in [0.25, 0.3) is 0 Å². The first-order valence-corrected chi connectivity index (χ1v) is 5.29. The maximum absolute atomic E-state index is 5.57. The van der Waals surface area contributed by atoms with Gasteiger partial charge in [-0.2, -0.15) is 0 Å². The Kier molecular flexibility index (Phi) is 4.46. The van der Waals surface area contributed by atoms with Crippen molar-refractivity contribution in [2.75, 3.05) is 26.2 Å². The van der Waals surface area contributed by atoms with Gasteiger partial charge in [0.2, 0.25) is 0 Å². The van der Waals surface area contributed by atoms with Gasteiger partial charge in [-0.1, -0.05) is 12.2 Å². The number of nitrogens with zero attached hydrogens (tertiary/aromatic N) is 1. The van der Waals surface area contributed by atoms with E-state index in [0.29, 0.717) is 0 Å². The fraction of sp³-hybridized carbons (Fsp3) is 0.818. The molecular weight excluding hydrogens is 160 g/mol. The lowest BCUT2D eigenvalue weighted by atomic mass is 9.95. The Morgan fingerprint density at radius 3 is 3.00 bits per heavy atom. The molecule has 0 saturated carbocycles. The Hall–Kier alpha value is -0.340. The molecule has 1 aliphatic rings. The lowest BCUT2D eigenvalue weighted by molar-refractivity contribution is 0.182. The van der Waals surface area contributed by atoms with Crippen molar-refractivity contribution >= 4 is 0 Å². The van der Waals surface area contributed by atoms with Crippen molar-refractivity contribution in [2.45, 2.75) is 26.2 Å². The number of rotatable bonds is 4. The van der Waals surface area contributed by atoms with Gasteiger partial charge in [-0.3, -0.25) is 4.90 Å². The molecule has 76 valence electrons. The summed E-state index contributed by atoms with van der Waals surface area (Å²) in [6.07, 6.45) is 3.88. The van der Waals surface area contributed by atoms with E-state index in [2.05, 4.69) is 18.4 Å². The molecule has 1 aliphatic heterocycles. The van der Waals surface area contributed by atoms with E-state index < -0.39 is 0 Å². The molecule has 0 bridgehead atoms. The smallest absolute Gasteiger partial charge is 0.0187 e. The molecule has 0 amide bonds. The summed E-state index contributed by atoms with van der Waals surface area (Å²) in [7, 11) is 0. The Morgan fingerprint density at radius 1 is 1.62 bits per heavy atom. The molecule has 0 aliphatic carbocycles. The third-order valence-corrected chi connectivity index (χ3v) is 2.67. The van der Waals surface area contributed by atoms with Gasteiger partial charge in [-0.25, -0.2) is 0 Å². The van der Waals surface area contributed by atoms with E-state index in [9.17, 15) is 0 Å². The van der Waals surface area contributed by atoms with E-state index >= 15 is 0 Å². The molecule has 1 unspecified atom stereocenters. The molecule has 0 aromatic carbocycles. The van der Waals surface area contributed by atoms with Crippen molar-refractivity contribution in [1.82, 2.24) is 4.90 Å². The summed E-state index contributed by atoms with van der Waals surface area (Å²) in [6, 6.07) is 0. The normalized spacial score (nSPS) is 24.6. The molecule has 1 saturated heterocycles. The highest BCUT2D eigenvalue weighted by Gasteiger charge is 2.18. The van der Waals surface area contributed by atoms with E-state index in [4.69, 9.17) is 5.73 Å². The summed E-state index contributed by atoms with van der Waals surface area (Å²) in [6.45, 7) is 10.4. The number of likely N-dealkylation sites (tertiary alicyclic amines) is 1. The largest absolute Gasteiger partial charge is 0.330 e. The molecule has 2 heteroatoms. The molecule has 1 atom stereocenters. The van der Waals surface area contributed by atoms with E-state index in [0.717, 1.165) is 19.0 Å². The van der Waals surface area contributed by atoms with Gasteiger partial charge in [0.15, 0.2) is 0 Å². The average molecular weight is 182 g/mol. The molecule has 13 heavy (non-hydrogen) atoms. The molecule has 1 fully saturated rings. The van der Waals surface area contributed by atoms with Gasteiger partial charge in [0.05, 0.1) is 0 Å². The topological polar surface area (TPSA) is 29.3 Å². The molecule has 1 heterocycles. The molecule has 0 radical (unpaired) electrons. The Morgan fingerprint density at radius 2 is 2.38 bits per heavy atom. The summed E-state index contributed by atoms with van der Waals surface area (Å²) >= 11 is 0. The second kappa shape index (κ2) is 5.40. The van der Waals surface area contributed by atoms with Crippen LogP contribution in [-0.2, 0) is 0 Å². The highest BCUT2D eigenvalue weighted by Crippen LogP contribution is 2.19. The highest BCUT2D eigenvalue weighted by atomic mass is 15.1. The minimum absolute atomic E-state index is 0.832.